The Kier molecular flexibility index (Phi) is 5.53. The molecule has 0 N–H and O–H groups in total. The van der Waals surface area contributed by atoms with Crippen LogP contribution in [0.15, 0.2) is 42.5 Å². The van der Waals surface area contributed by atoms with Crippen LogP contribution in [0.1, 0.15) is 5.56 Å². The summed E-state index contributed by atoms with van der Waals surface area (Å²) in [6.45, 7) is -0.254. The molecule has 2 aromatic carbocycles. The van der Waals surface area contributed by atoms with Crippen molar-refractivity contribution in [3.05, 3.63) is 58.1 Å². The van der Waals surface area contributed by atoms with Crippen molar-refractivity contribution in [1.82, 2.24) is 0 Å². The first kappa shape index (κ1) is 17.7. The number of nitro groups is 1. The number of nitro benzene ring substituents is 1. The van der Waals surface area contributed by atoms with Crippen LogP contribution < -0.4 is 14.4 Å². The fraction of sp³-hybridized carbons (Fsp3) is 0.176. The number of benzene rings is 2. The Morgan fingerprint density at radius 2 is 1.92 bits per heavy atom. The van der Waals surface area contributed by atoms with Gasteiger partial charge >= 0.3 is 0 Å². The molecule has 0 bridgehead atoms. The van der Waals surface area contributed by atoms with Gasteiger partial charge in [-0.1, -0.05) is 0 Å². The summed E-state index contributed by atoms with van der Waals surface area (Å²) in [5, 5.41) is 19.5. The van der Waals surface area contributed by atoms with Crippen molar-refractivity contribution in [1.29, 1.82) is 5.26 Å². The third-order valence-corrected chi connectivity index (χ3v) is 3.47. The van der Waals surface area contributed by atoms with Crippen molar-refractivity contribution in [2.45, 2.75) is 0 Å². The Labute approximate surface area is 144 Å². The highest BCUT2D eigenvalue weighted by Gasteiger charge is 2.15. The number of hydrogen-bond donors (Lipinski definition) is 0. The minimum Gasteiger partial charge on any atom is -0.493 e. The lowest BCUT2D eigenvalue weighted by Gasteiger charge is -2.18. The maximum Gasteiger partial charge on any atom is 0.269 e. The molecule has 1 amide bonds. The number of carbonyl (C=O) groups is 1. The molecule has 0 aromatic heterocycles. The monoisotopic (exact) mass is 341 g/mol. The first-order chi connectivity index (χ1) is 12.0. The van der Waals surface area contributed by atoms with Crippen LogP contribution >= 0.6 is 0 Å². The normalized spacial score (nSPS) is 9.80. The minimum absolute atomic E-state index is 0.0526. The van der Waals surface area contributed by atoms with E-state index in [0.717, 1.165) is 0 Å². The lowest BCUT2D eigenvalue weighted by Crippen LogP contribution is -2.31. The van der Waals surface area contributed by atoms with Crippen molar-refractivity contribution >= 4 is 17.3 Å². The van der Waals surface area contributed by atoms with E-state index in [2.05, 4.69) is 0 Å². The summed E-state index contributed by atoms with van der Waals surface area (Å²) in [4.78, 5) is 23.7. The maximum atomic E-state index is 12.2. The molecular formula is C17H15N3O5. The first-order valence-corrected chi connectivity index (χ1v) is 7.18. The van der Waals surface area contributed by atoms with Crippen LogP contribution in [0, 0.1) is 21.4 Å². The van der Waals surface area contributed by atoms with Crippen LogP contribution in [0.2, 0.25) is 0 Å². The number of methoxy groups -OCH3 is 1. The van der Waals surface area contributed by atoms with Gasteiger partial charge in [-0.05, 0) is 24.3 Å². The molecule has 8 heteroatoms. The summed E-state index contributed by atoms with van der Waals surface area (Å²) in [5.74, 6) is 0.344. The lowest BCUT2D eigenvalue weighted by atomic mass is 10.2. The highest BCUT2D eigenvalue weighted by atomic mass is 16.6. The molecule has 0 saturated carbocycles. The van der Waals surface area contributed by atoms with Crippen LogP contribution in [-0.2, 0) is 4.79 Å². The van der Waals surface area contributed by atoms with Crippen molar-refractivity contribution in [2.24, 2.45) is 0 Å². The summed E-state index contributed by atoms with van der Waals surface area (Å²) in [7, 11) is 2.98. The fourth-order valence-electron chi connectivity index (χ4n) is 2.03. The average molecular weight is 341 g/mol. The van der Waals surface area contributed by atoms with Gasteiger partial charge in [0.1, 0.15) is 0 Å². The van der Waals surface area contributed by atoms with Gasteiger partial charge in [-0.2, -0.15) is 5.26 Å². The number of hydrogen-bond acceptors (Lipinski definition) is 6. The zero-order valence-electron chi connectivity index (χ0n) is 13.6. The van der Waals surface area contributed by atoms with Crippen LogP contribution in [0.5, 0.6) is 11.5 Å². The third kappa shape index (κ3) is 4.23. The van der Waals surface area contributed by atoms with Gasteiger partial charge in [-0.25, -0.2) is 0 Å². The topological polar surface area (TPSA) is 106 Å². The Morgan fingerprint density at radius 1 is 1.24 bits per heavy atom. The van der Waals surface area contributed by atoms with E-state index < -0.39 is 4.92 Å². The average Bonchev–Trinajstić information content (AvgIpc) is 2.65. The standard InChI is InChI=1S/C17H15N3O5/c1-19(13-4-6-14(7-5-13)20(22)23)17(21)11-25-15-8-3-12(10-18)9-16(15)24-2/h3-9H,11H2,1-2H3. The number of anilines is 1. The molecule has 0 atom stereocenters. The number of non-ortho nitro benzene ring substituents is 1. The predicted octanol–water partition coefficient (Wildman–Crippen LogP) is 2.52. The second-order valence-electron chi connectivity index (χ2n) is 4.99. The number of carbonyl (C=O) groups excluding carboxylic acids is 1. The molecule has 128 valence electrons. The van der Waals surface area contributed by atoms with Gasteiger partial charge in [-0.15, -0.1) is 0 Å². The lowest BCUT2D eigenvalue weighted by molar-refractivity contribution is -0.384. The van der Waals surface area contributed by atoms with E-state index in [1.807, 2.05) is 6.07 Å². The van der Waals surface area contributed by atoms with E-state index in [4.69, 9.17) is 14.7 Å². The van der Waals surface area contributed by atoms with Crippen LogP contribution in [-0.4, -0.2) is 31.6 Å². The maximum absolute atomic E-state index is 12.2. The Hall–Kier alpha value is -3.60. The number of rotatable bonds is 6. The van der Waals surface area contributed by atoms with Crippen LogP contribution in [0.4, 0.5) is 11.4 Å². The zero-order valence-corrected chi connectivity index (χ0v) is 13.6. The highest BCUT2D eigenvalue weighted by molar-refractivity contribution is 5.94. The smallest absolute Gasteiger partial charge is 0.269 e. The molecule has 8 nitrogen and oxygen atoms in total. The van der Waals surface area contributed by atoms with Gasteiger partial charge in [0.05, 0.1) is 23.7 Å². The summed E-state index contributed by atoms with van der Waals surface area (Å²) in [5.41, 5.74) is 0.868. The van der Waals surface area contributed by atoms with E-state index in [-0.39, 0.29) is 18.2 Å². The van der Waals surface area contributed by atoms with Gasteiger partial charge in [0.2, 0.25) is 0 Å². The number of likely N-dealkylation sites (N-methyl/N-ethyl adjacent to an activating group) is 1. The van der Waals surface area contributed by atoms with Gasteiger partial charge in [0, 0.05) is 30.9 Å². The zero-order chi connectivity index (χ0) is 18.4. The Morgan fingerprint density at radius 3 is 2.48 bits per heavy atom. The van der Waals surface area contributed by atoms with Crippen molar-refractivity contribution in [2.75, 3.05) is 25.7 Å². The Bertz CT molecular complexity index is 827. The number of ether oxygens (including phenoxy) is 2. The van der Waals surface area contributed by atoms with E-state index in [1.54, 1.807) is 19.2 Å². The van der Waals surface area contributed by atoms with Crippen molar-refractivity contribution in [3.63, 3.8) is 0 Å². The fourth-order valence-corrected chi connectivity index (χ4v) is 2.03. The first-order valence-electron chi connectivity index (χ1n) is 7.18. The van der Waals surface area contributed by atoms with E-state index >= 15 is 0 Å². The van der Waals surface area contributed by atoms with E-state index in [1.165, 1.54) is 42.3 Å². The predicted molar refractivity (Wildman–Crippen MR) is 89.7 cm³/mol. The molecule has 0 heterocycles. The molecule has 0 unspecified atom stereocenters. The molecule has 0 aliphatic carbocycles. The third-order valence-electron chi connectivity index (χ3n) is 3.47. The van der Waals surface area contributed by atoms with E-state index in [0.29, 0.717) is 22.7 Å². The number of amides is 1. The molecule has 0 aliphatic rings. The van der Waals surface area contributed by atoms with Gasteiger partial charge in [-0.3, -0.25) is 14.9 Å². The molecule has 2 aromatic rings. The van der Waals surface area contributed by atoms with E-state index in [9.17, 15) is 14.9 Å². The number of nitrogens with zero attached hydrogens (tertiary/aromatic N) is 3. The quantitative estimate of drug-likeness (QED) is 0.590. The highest BCUT2D eigenvalue weighted by Crippen LogP contribution is 2.28. The van der Waals surface area contributed by atoms with Gasteiger partial charge in [0.15, 0.2) is 18.1 Å². The molecular weight excluding hydrogens is 326 g/mol. The molecule has 0 saturated heterocycles. The second kappa shape index (κ2) is 7.79. The molecule has 0 spiro atoms. The molecule has 25 heavy (non-hydrogen) atoms. The second-order valence-corrected chi connectivity index (χ2v) is 4.99. The summed E-state index contributed by atoms with van der Waals surface area (Å²) < 4.78 is 10.6. The minimum atomic E-state index is -0.508. The molecule has 0 aliphatic heterocycles. The molecule has 0 fully saturated rings. The number of nitriles is 1. The van der Waals surface area contributed by atoms with Crippen LogP contribution in [0.3, 0.4) is 0 Å². The summed E-state index contributed by atoms with van der Waals surface area (Å²) in [6, 6.07) is 12.2. The SMILES string of the molecule is COc1cc(C#N)ccc1OCC(=O)N(C)c1ccc([N+](=O)[O-])cc1. The summed E-state index contributed by atoms with van der Waals surface area (Å²) >= 11 is 0. The van der Waals surface area contributed by atoms with Crippen molar-refractivity contribution in [3.8, 4) is 17.6 Å². The van der Waals surface area contributed by atoms with Gasteiger partial charge in [0.25, 0.3) is 11.6 Å². The molecule has 0 radical (unpaired) electrons. The largest absolute Gasteiger partial charge is 0.493 e. The molecule has 2 rings (SSSR count). The summed E-state index contributed by atoms with van der Waals surface area (Å²) in [6.07, 6.45) is 0. The van der Waals surface area contributed by atoms with Crippen molar-refractivity contribution < 1.29 is 19.2 Å². The van der Waals surface area contributed by atoms with Gasteiger partial charge < -0.3 is 14.4 Å². The van der Waals surface area contributed by atoms with Crippen LogP contribution in [0.25, 0.3) is 0 Å². The Balaban J connectivity index is 2.04.